The van der Waals surface area contributed by atoms with E-state index in [0.717, 1.165) is 28.5 Å². The van der Waals surface area contributed by atoms with Crippen LogP contribution in [-0.2, 0) is 0 Å². The molecular formula is C13H13N5. The van der Waals surface area contributed by atoms with E-state index in [-0.39, 0.29) is 0 Å². The van der Waals surface area contributed by atoms with Crippen molar-refractivity contribution in [2.24, 2.45) is 0 Å². The number of fused-ring (bicyclic) bond motifs is 1. The Bertz CT molecular complexity index is 687. The molecule has 18 heavy (non-hydrogen) atoms. The Morgan fingerprint density at radius 2 is 1.89 bits per heavy atom. The molecule has 0 aliphatic rings. The molecule has 0 radical (unpaired) electrons. The van der Waals surface area contributed by atoms with Crippen molar-refractivity contribution in [3.05, 3.63) is 42.5 Å². The van der Waals surface area contributed by atoms with Gasteiger partial charge >= 0.3 is 0 Å². The number of anilines is 1. The molecule has 0 unspecified atom stereocenters. The van der Waals surface area contributed by atoms with Crippen LogP contribution >= 0.6 is 0 Å². The first-order chi connectivity index (χ1) is 8.79. The van der Waals surface area contributed by atoms with E-state index >= 15 is 0 Å². The second kappa shape index (κ2) is 4.10. The van der Waals surface area contributed by atoms with Gasteiger partial charge in [0.15, 0.2) is 17.0 Å². The summed E-state index contributed by atoms with van der Waals surface area (Å²) in [6.07, 6.45) is 1.77. The van der Waals surface area contributed by atoms with Gasteiger partial charge in [0.1, 0.15) is 12.2 Å². The van der Waals surface area contributed by atoms with Crippen LogP contribution in [0.2, 0.25) is 0 Å². The molecule has 1 N–H and O–H groups in total. The van der Waals surface area contributed by atoms with Crippen LogP contribution in [0.4, 0.5) is 5.82 Å². The lowest BCUT2D eigenvalue weighted by Gasteiger charge is -2.05. The molecule has 0 saturated carbocycles. The third-order valence-electron chi connectivity index (χ3n) is 2.78. The van der Waals surface area contributed by atoms with Gasteiger partial charge in [0, 0.05) is 12.7 Å². The van der Waals surface area contributed by atoms with E-state index in [1.165, 1.54) is 0 Å². The first-order valence-corrected chi connectivity index (χ1v) is 5.74. The first kappa shape index (κ1) is 10.7. The number of benzene rings is 1. The topological polar surface area (TPSA) is 55.6 Å². The predicted molar refractivity (Wildman–Crippen MR) is 70.9 cm³/mol. The summed E-state index contributed by atoms with van der Waals surface area (Å²) >= 11 is 0. The van der Waals surface area contributed by atoms with E-state index in [1.807, 2.05) is 48.9 Å². The molecule has 0 saturated heterocycles. The monoisotopic (exact) mass is 239 g/mol. The van der Waals surface area contributed by atoms with Gasteiger partial charge in [-0.15, -0.1) is 0 Å². The van der Waals surface area contributed by atoms with Crippen LogP contribution in [0.5, 0.6) is 0 Å². The molecule has 0 bridgehead atoms. The maximum atomic E-state index is 4.47. The van der Waals surface area contributed by atoms with Crippen LogP contribution in [0, 0.1) is 6.92 Å². The molecule has 0 spiro atoms. The molecule has 0 amide bonds. The number of rotatable bonds is 2. The summed E-state index contributed by atoms with van der Waals surface area (Å²) in [5.74, 6) is 1.48. The van der Waals surface area contributed by atoms with Gasteiger partial charge in [-0.1, -0.05) is 18.2 Å². The molecule has 90 valence electrons. The van der Waals surface area contributed by atoms with Crippen LogP contribution in [0.15, 0.2) is 36.7 Å². The fraction of sp³-hybridized carbons (Fsp3) is 0.154. The van der Waals surface area contributed by atoms with E-state index in [2.05, 4.69) is 20.3 Å². The maximum Gasteiger partial charge on any atom is 0.170 e. The summed E-state index contributed by atoms with van der Waals surface area (Å²) in [6, 6.07) is 10.0. The number of hydrogen-bond donors (Lipinski definition) is 1. The van der Waals surface area contributed by atoms with Gasteiger partial charge in [0.05, 0.1) is 0 Å². The maximum absolute atomic E-state index is 4.47. The number of aromatic nitrogens is 4. The summed E-state index contributed by atoms with van der Waals surface area (Å²) in [4.78, 5) is 13.2. The summed E-state index contributed by atoms with van der Waals surface area (Å²) < 4.78 is 1.96. The number of nitrogens with one attached hydrogen (secondary N) is 1. The van der Waals surface area contributed by atoms with Gasteiger partial charge in [-0.25, -0.2) is 15.0 Å². The van der Waals surface area contributed by atoms with Crippen LogP contribution in [0.25, 0.3) is 16.9 Å². The smallest absolute Gasteiger partial charge is 0.170 e. The van der Waals surface area contributed by atoms with Crippen molar-refractivity contribution in [2.45, 2.75) is 6.92 Å². The Morgan fingerprint density at radius 1 is 1.11 bits per heavy atom. The minimum absolute atomic E-state index is 0.726. The van der Waals surface area contributed by atoms with Crippen molar-refractivity contribution in [1.29, 1.82) is 0 Å². The Hall–Kier alpha value is -2.43. The van der Waals surface area contributed by atoms with E-state index in [4.69, 9.17) is 0 Å². The highest BCUT2D eigenvalue weighted by Gasteiger charge is 2.11. The lowest BCUT2D eigenvalue weighted by molar-refractivity contribution is 1.03. The average Bonchev–Trinajstić information content (AvgIpc) is 2.82. The lowest BCUT2D eigenvalue weighted by atomic mass is 10.3. The van der Waals surface area contributed by atoms with Crippen molar-refractivity contribution in [1.82, 2.24) is 19.5 Å². The zero-order chi connectivity index (χ0) is 12.5. The van der Waals surface area contributed by atoms with Gasteiger partial charge in [-0.2, -0.15) is 0 Å². The molecular weight excluding hydrogens is 226 g/mol. The molecule has 5 heteroatoms. The van der Waals surface area contributed by atoms with Gasteiger partial charge in [0.2, 0.25) is 0 Å². The third-order valence-corrected chi connectivity index (χ3v) is 2.78. The quantitative estimate of drug-likeness (QED) is 0.744. The molecule has 2 aromatic heterocycles. The van der Waals surface area contributed by atoms with Crippen molar-refractivity contribution in [2.75, 3.05) is 12.4 Å². The molecule has 5 nitrogen and oxygen atoms in total. The number of imidazole rings is 1. The lowest BCUT2D eigenvalue weighted by Crippen LogP contribution is -2.00. The predicted octanol–water partition coefficient (Wildman–Crippen LogP) is 2.17. The number of aryl methyl sites for hydroxylation is 1. The normalized spacial score (nSPS) is 10.8. The standard InChI is InChI=1S/C13H13N5/c1-9-16-12(14-2)11-13(17-9)18(8-15-11)10-6-4-3-5-7-10/h3-8H,1-2H3,(H,14,16,17). The minimum atomic E-state index is 0.726. The van der Waals surface area contributed by atoms with Crippen molar-refractivity contribution >= 4 is 17.0 Å². The zero-order valence-corrected chi connectivity index (χ0v) is 10.3. The number of nitrogens with zero attached hydrogens (tertiary/aromatic N) is 4. The average molecular weight is 239 g/mol. The van der Waals surface area contributed by atoms with Crippen LogP contribution in [0.1, 0.15) is 5.82 Å². The summed E-state index contributed by atoms with van der Waals surface area (Å²) in [5.41, 5.74) is 2.64. The van der Waals surface area contributed by atoms with Crippen molar-refractivity contribution in [3.8, 4) is 5.69 Å². The van der Waals surface area contributed by atoms with Crippen molar-refractivity contribution < 1.29 is 0 Å². The molecule has 1 aromatic carbocycles. The highest BCUT2D eigenvalue weighted by Crippen LogP contribution is 2.21. The van der Waals surface area contributed by atoms with Gasteiger partial charge in [-0.05, 0) is 19.1 Å². The number of para-hydroxylation sites is 1. The summed E-state index contributed by atoms with van der Waals surface area (Å²) in [5, 5.41) is 3.05. The van der Waals surface area contributed by atoms with Crippen LogP contribution in [-0.4, -0.2) is 26.6 Å². The fourth-order valence-corrected chi connectivity index (χ4v) is 1.96. The zero-order valence-electron chi connectivity index (χ0n) is 10.3. The Kier molecular flexibility index (Phi) is 2.44. The molecule has 0 fully saturated rings. The third kappa shape index (κ3) is 1.60. The molecule has 2 heterocycles. The van der Waals surface area contributed by atoms with Crippen LogP contribution in [0.3, 0.4) is 0 Å². The molecule has 3 aromatic rings. The number of hydrogen-bond acceptors (Lipinski definition) is 4. The Balaban J connectivity index is 2.30. The molecule has 0 aliphatic heterocycles. The van der Waals surface area contributed by atoms with E-state index in [0.29, 0.717) is 0 Å². The SMILES string of the molecule is CNc1nc(C)nc2c1ncn2-c1ccccc1. The highest BCUT2D eigenvalue weighted by atomic mass is 15.1. The van der Waals surface area contributed by atoms with Gasteiger partial charge in [-0.3, -0.25) is 4.57 Å². The summed E-state index contributed by atoms with van der Waals surface area (Å²) in [6.45, 7) is 1.88. The van der Waals surface area contributed by atoms with E-state index in [1.54, 1.807) is 6.33 Å². The second-order valence-electron chi connectivity index (χ2n) is 3.99. The van der Waals surface area contributed by atoms with Crippen molar-refractivity contribution in [3.63, 3.8) is 0 Å². The van der Waals surface area contributed by atoms with E-state index in [9.17, 15) is 0 Å². The second-order valence-corrected chi connectivity index (χ2v) is 3.99. The first-order valence-electron chi connectivity index (χ1n) is 5.74. The van der Waals surface area contributed by atoms with Crippen LogP contribution < -0.4 is 5.32 Å². The molecule has 3 rings (SSSR count). The van der Waals surface area contributed by atoms with E-state index < -0.39 is 0 Å². The largest absolute Gasteiger partial charge is 0.371 e. The summed E-state index contributed by atoms with van der Waals surface area (Å²) in [7, 11) is 1.84. The molecule has 0 atom stereocenters. The Labute approximate surface area is 105 Å². The Morgan fingerprint density at radius 3 is 2.61 bits per heavy atom. The van der Waals surface area contributed by atoms with Gasteiger partial charge < -0.3 is 5.32 Å². The van der Waals surface area contributed by atoms with Gasteiger partial charge in [0.25, 0.3) is 0 Å². The highest BCUT2D eigenvalue weighted by molar-refractivity contribution is 5.84. The minimum Gasteiger partial charge on any atom is -0.371 e. The fourth-order valence-electron chi connectivity index (χ4n) is 1.96. The molecule has 0 aliphatic carbocycles.